The summed E-state index contributed by atoms with van der Waals surface area (Å²) in [6, 6.07) is 15.4. The maximum Gasteiger partial charge on any atom is 0.316 e. The summed E-state index contributed by atoms with van der Waals surface area (Å²) in [6.45, 7) is 4.49. The highest BCUT2D eigenvalue weighted by Crippen LogP contribution is 2.32. The molecule has 10 nitrogen and oxygen atoms in total. The van der Waals surface area contributed by atoms with Gasteiger partial charge in [0, 0.05) is 62.9 Å². The van der Waals surface area contributed by atoms with Crippen molar-refractivity contribution in [1.82, 2.24) is 19.0 Å². The van der Waals surface area contributed by atoms with Crippen LogP contribution in [0.2, 0.25) is 0 Å². The largest absolute Gasteiger partial charge is 0.369 e. The van der Waals surface area contributed by atoms with Crippen molar-refractivity contribution >= 4 is 22.4 Å². The van der Waals surface area contributed by atoms with Gasteiger partial charge in [0.15, 0.2) is 0 Å². The van der Waals surface area contributed by atoms with Gasteiger partial charge in [0.05, 0.1) is 16.0 Å². The second-order valence-electron chi connectivity index (χ2n) is 10.6. The number of benzene rings is 2. The molecule has 1 aliphatic heterocycles. The molecular formula is C29H32N6O4. The molecule has 0 atom stereocenters. The predicted molar refractivity (Wildman–Crippen MR) is 151 cm³/mol. The second kappa shape index (κ2) is 10.5. The molecule has 0 bridgehead atoms. The van der Waals surface area contributed by atoms with Crippen LogP contribution in [0.5, 0.6) is 0 Å². The highest BCUT2D eigenvalue weighted by atomic mass is 16.6. The summed E-state index contributed by atoms with van der Waals surface area (Å²) in [4.78, 5) is 44.4. The van der Waals surface area contributed by atoms with Crippen molar-refractivity contribution in [2.75, 3.05) is 31.1 Å². The van der Waals surface area contributed by atoms with Gasteiger partial charge in [-0.2, -0.15) is 0 Å². The van der Waals surface area contributed by atoms with E-state index in [0.717, 1.165) is 70.4 Å². The lowest BCUT2D eigenvalue weighted by molar-refractivity contribution is -0.384. The molecule has 0 spiro atoms. The standard InChI is InChI=1S/C29H32N6O4/c36-28-29(37)34(23-9-5-2-6-10-23)25-18-26(27(35(38)39)17-24(25)30-28)33-12-11-21(20-33)19-31-13-15-32(16-14-31)22-7-3-1-4-8-22/h1,3-4,7-8,11-12,17-18,20,23H,2,5-6,9-10,13-16,19H2,(H,30,36). The number of rotatable bonds is 6. The number of anilines is 1. The minimum atomic E-state index is -0.745. The third kappa shape index (κ3) is 4.99. The zero-order chi connectivity index (χ0) is 26.9. The number of hydrogen-bond acceptors (Lipinski definition) is 6. The fourth-order valence-corrected chi connectivity index (χ4v) is 6.06. The van der Waals surface area contributed by atoms with E-state index < -0.39 is 16.0 Å². The van der Waals surface area contributed by atoms with E-state index in [1.807, 2.05) is 24.5 Å². The number of nitrogens with zero attached hydrogens (tertiary/aromatic N) is 5. The molecule has 2 aromatic carbocycles. The molecule has 2 aromatic heterocycles. The van der Waals surface area contributed by atoms with Gasteiger partial charge in [-0.3, -0.25) is 29.2 Å². The number of piperazine rings is 1. The van der Waals surface area contributed by atoms with Crippen LogP contribution in [0.3, 0.4) is 0 Å². The molecule has 0 amide bonds. The van der Waals surface area contributed by atoms with Crippen LogP contribution in [0.1, 0.15) is 43.7 Å². The third-order valence-corrected chi connectivity index (χ3v) is 8.08. The lowest BCUT2D eigenvalue weighted by Crippen LogP contribution is -2.45. The molecule has 6 rings (SSSR count). The number of nitro groups is 1. The molecule has 39 heavy (non-hydrogen) atoms. The van der Waals surface area contributed by atoms with Crippen molar-refractivity contribution in [3.63, 3.8) is 0 Å². The molecule has 1 aliphatic carbocycles. The number of hydrogen-bond donors (Lipinski definition) is 1. The first-order valence-corrected chi connectivity index (χ1v) is 13.6. The van der Waals surface area contributed by atoms with Crippen LogP contribution in [-0.4, -0.2) is 50.1 Å². The van der Waals surface area contributed by atoms with Crippen molar-refractivity contribution in [2.24, 2.45) is 0 Å². The van der Waals surface area contributed by atoms with Crippen LogP contribution in [0.4, 0.5) is 11.4 Å². The molecule has 0 unspecified atom stereocenters. The molecule has 4 aromatic rings. The van der Waals surface area contributed by atoms with E-state index in [0.29, 0.717) is 16.7 Å². The molecule has 1 saturated heterocycles. The average molecular weight is 529 g/mol. The van der Waals surface area contributed by atoms with Crippen LogP contribution in [0.25, 0.3) is 16.7 Å². The summed E-state index contributed by atoms with van der Waals surface area (Å²) < 4.78 is 3.32. The lowest BCUT2D eigenvalue weighted by Gasteiger charge is -2.36. The summed E-state index contributed by atoms with van der Waals surface area (Å²) >= 11 is 0. The van der Waals surface area contributed by atoms with Gasteiger partial charge in [-0.25, -0.2) is 0 Å². The summed E-state index contributed by atoms with van der Waals surface area (Å²) in [6.07, 6.45) is 8.48. The minimum Gasteiger partial charge on any atom is -0.369 e. The van der Waals surface area contributed by atoms with E-state index in [2.05, 4.69) is 39.0 Å². The zero-order valence-corrected chi connectivity index (χ0v) is 21.8. The van der Waals surface area contributed by atoms with Gasteiger partial charge in [0.25, 0.3) is 5.69 Å². The van der Waals surface area contributed by atoms with Crippen LogP contribution in [0.15, 0.2) is 70.5 Å². The molecule has 2 aliphatic rings. The van der Waals surface area contributed by atoms with Gasteiger partial charge < -0.3 is 14.5 Å². The van der Waals surface area contributed by atoms with Crippen LogP contribution < -0.4 is 16.0 Å². The highest BCUT2D eigenvalue weighted by Gasteiger charge is 2.25. The predicted octanol–water partition coefficient (Wildman–Crippen LogP) is 4.22. The normalized spacial score (nSPS) is 17.1. The molecule has 3 heterocycles. The number of H-pyrrole nitrogens is 1. The Balaban J connectivity index is 1.29. The number of aromatic amines is 1. The Morgan fingerprint density at radius 3 is 2.41 bits per heavy atom. The zero-order valence-electron chi connectivity index (χ0n) is 21.8. The monoisotopic (exact) mass is 528 g/mol. The molecule has 1 N–H and O–H groups in total. The van der Waals surface area contributed by atoms with Crippen molar-refractivity contribution in [2.45, 2.75) is 44.7 Å². The van der Waals surface area contributed by atoms with E-state index in [1.165, 1.54) is 11.8 Å². The van der Waals surface area contributed by atoms with E-state index in [-0.39, 0.29) is 11.7 Å². The second-order valence-corrected chi connectivity index (χ2v) is 10.6. The van der Waals surface area contributed by atoms with Gasteiger partial charge in [-0.05, 0) is 42.7 Å². The molecule has 2 fully saturated rings. The summed E-state index contributed by atoms with van der Waals surface area (Å²) in [5.74, 6) is 0. The molecule has 0 radical (unpaired) electrons. The fourth-order valence-electron chi connectivity index (χ4n) is 6.06. The van der Waals surface area contributed by atoms with Crippen molar-refractivity contribution in [3.8, 4) is 5.69 Å². The van der Waals surface area contributed by atoms with E-state index in [1.54, 1.807) is 15.2 Å². The third-order valence-electron chi connectivity index (χ3n) is 8.08. The number of nitro benzene ring substituents is 1. The number of para-hydroxylation sites is 1. The molecule has 1 saturated carbocycles. The topological polar surface area (TPSA) is 109 Å². The summed E-state index contributed by atoms with van der Waals surface area (Å²) in [5, 5.41) is 12.1. The Labute approximate surface area is 225 Å². The Morgan fingerprint density at radius 2 is 1.69 bits per heavy atom. The van der Waals surface area contributed by atoms with Crippen molar-refractivity contribution in [3.05, 3.63) is 97.3 Å². The van der Waals surface area contributed by atoms with Gasteiger partial charge in [0.1, 0.15) is 5.69 Å². The van der Waals surface area contributed by atoms with Gasteiger partial charge in [0.2, 0.25) is 0 Å². The van der Waals surface area contributed by atoms with Crippen LogP contribution >= 0.6 is 0 Å². The van der Waals surface area contributed by atoms with Crippen LogP contribution in [-0.2, 0) is 6.54 Å². The first-order valence-electron chi connectivity index (χ1n) is 13.6. The highest BCUT2D eigenvalue weighted by molar-refractivity contribution is 5.82. The van der Waals surface area contributed by atoms with E-state index in [9.17, 15) is 19.7 Å². The molecular weight excluding hydrogens is 496 g/mol. The first-order chi connectivity index (χ1) is 19.0. The Kier molecular flexibility index (Phi) is 6.78. The Hall–Kier alpha value is -4.18. The Bertz CT molecular complexity index is 1610. The smallest absolute Gasteiger partial charge is 0.316 e. The fraction of sp³-hybridized carbons (Fsp3) is 0.379. The van der Waals surface area contributed by atoms with Crippen molar-refractivity contribution < 1.29 is 4.92 Å². The van der Waals surface area contributed by atoms with E-state index >= 15 is 0 Å². The van der Waals surface area contributed by atoms with Gasteiger partial charge >= 0.3 is 11.1 Å². The maximum atomic E-state index is 13.0. The number of nitrogens with one attached hydrogen (secondary N) is 1. The molecule has 202 valence electrons. The van der Waals surface area contributed by atoms with E-state index in [4.69, 9.17) is 0 Å². The first kappa shape index (κ1) is 25.1. The summed E-state index contributed by atoms with van der Waals surface area (Å²) in [5.41, 5.74) is 2.05. The van der Waals surface area contributed by atoms with Gasteiger partial charge in [-0.1, -0.05) is 37.5 Å². The minimum absolute atomic E-state index is 0.0832. The summed E-state index contributed by atoms with van der Waals surface area (Å²) in [7, 11) is 0. The average Bonchev–Trinajstić information content (AvgIpc) is 3.43. The quantitative estimate of drug-likeness (QED) is 0.228. The Morgan fingerprint density at radius 1 is 0.949 bits per heavy atom. The van der Waals surface area contributed by atoms with Gasteiger partial charge in [-0.15, -0.1) is 0 Å². The number of fused-ring (bicyclic) bond motifs is 1. The SMILES string of the molecule is O=c1[nH]c2cc([N+](=O)[O-])c(-n3ccc(CN4CCN(c5ccccc5)CC4)c3)cc2n(C2CCCCC2)c1=O. The van der Waals surface area contributed by atoms with Crippen molar-refractivity contribution in [1.29, 1.82) is 0 Å². The molecule has 10 heteroatoms. The lowest BCUT2D eigenvalue weighted by atomic mass is 9.95. The number of aromatic nitrogens is 3. The van der Waals surface area contributed by atoms with Crippen LogP contribution in [0, 0.1) is 10.1 Å². The maximum absolute atomic E-state index is 13.0.